The molecule has 10 heavy (non-hydrogen) atoms. The first kappa shape index (κ1) is 11.5. The minimum absolute atomic E-state index is 0. The molecule has 1 unspecified atom stereocenters. The molecule has 0 aromatic heterocycles. The van der Waals surface area contributed by atoms with Gasteiger partial charge in [-0.2, -0.15) is 0 Å². The summed E-state index contributed by atoms with van der Waals surface area (Å²) < 4.78 is 0. The van der Waals surface area contributed by atoms with Gasteiger partial charge in [0.25, 0.3) is 0 Å². The third kappa shape index (κ3) is 4.41. The van der Waals surface area contributed by atoms with Gasteiger partial charge >= 0.3 is 51.4 Å². The first-order valence-electron chi connectivity index (χ1n) is 3.49. The molecule has 1 rings (SSSR count). The Bertz CT molecular complexity index is 73.4. The summed E-state index contributed by atoms with van der Waals surface area (Å²) in [7, 11) is 0. The molecule has 1 fully saturated rings. The Morgan fingerprint density at radius 2 is 2.40 bits per heavy atom. The first-order chi connectivity index (χ1) is 4.43. The fraction of sp³-hybridized carbons (Fsp3) is 1.00. The molecule has 2 N–H and O–H groups in total. The quantitative estimate of drug-likeness (QED) is 0.343. The minimum atomic E-state index is 0. The van der Waals surface area contributed by atoms with Crippen LogP contribution in [-0.2, 0) is 0 Å². The van der Waals surface area contributed by atoms with Crippen LogP contribution in [0.3, 0.4) is 0 Å². The standard InChI is InChI=1S/C6H13N2O.K/c9-8-5-6-2-1-3-7-4-6;/h6-8H,1-5H2;/q-1;+1. The zero-order valence-corrected chi connectivity index (χ0v) is 9.64. The number of hydrogen-bond acceptors (Lipinski definition) is 3. The monoisotopic (exact) mass is 168 g/mol. The molecule has 0 bridgehead atoms. The van der Waals surface area contributed by atoms with E-state index in [0.717, 1.165) is 13.1 Å². The average Bonchev–Trinajstić information content (AvgIpc) is 1.91. The molecule has 54 valence electrons. The number of piperidine rings is 1. The van der Waals surface area contributed by atoms with Crippen molar-refractivity contribution in [2.24, 2.45) is 5.92 Å². The minimum Gasteiger partial charge on any atom is -0.788 e. The van der Waals surface area contributed by atoms with Gasteiger partial charge in [-0.25, -0.2) is 0 Å². The second kappa shape index (κ2) is 7.18. The molecule has 0 radical (unpaired) electrons. The van der Waals surface area contributed by atoms with E-state index in [1.54, 1.807) is 0 Å². The summed E-state index contributed by atoms with van der Waals surface area (Å²) in [5, 5.41) is 13.2. The second-order valence-electron chi connectivity index (χ2n) is 2.56. The maximum Gasteiger partial charge on any atom is 1.00 e. The van der Waals surface area contributed by atoms with Crippen LogP contribution < -0.4 is 62.2 Å². The van der Waals surface area contributed by atoms with Gasteiger partial charge in [0.05, 0.1) is 0 Å². The smallest absolute Gasteiger partial charge is 0.788 e. The normalized spacial score (nSPS) is 25.5. The molecule has 1 heterocycles. The van der Waals surface area contributed by atoms with E-state index in [0.29, 0.717) is 12.5 Å². The van der Waals surface area contributed by atoms with Crippen LogP contribution in [0.5, 0.6) is 0 Å². The Morgan fingerprint density at radius 1 is 1.60 bits per heavy atom. The number of rotatable bonds is 2. The zero-order valence-electron chi connectivity index (χ0n) is 6.52. The second-order valence-corrected chi connectivity index (χ2v) is 2.56. The maximum absolute atomic E-state index is 9.92. The van der Waals surface area contributed by atoms with Crippen molar-refractivity contribution in [1.82, 2.24) is 10.8 Å². The Morgan fingerprint density at radius 3 is 2.90 bits per heavy atom. The van der Waals surface area contributed by atoms with Crippen molar-refractivity contribution in [2.75, 3.05) is 19.6 Å². The molecule has 0 aliphatic carbocycles. The molecular weight excluding hydrogens is 155 g/mol. The van der Waals surface area contributed by atoms with Gasteiger partial charge in [0.15, 0.2) is 0 Å². The van der Waals surface area contributed by atoms with Crippen LogP contribution in [-0.4, -0.2) is 19.6 Å². The molecule has 3 nitrogen and oxygen atoms in total. The van der Waals surface area contributed by atoms with Gasteiger partial charge < -0.3 is 16.0 Å². The van der Waals surface area contributed by atoms with Gasteiger partial charge in [-0.3, -0.25) is 0 Å². The largest absolute Gasteiger partial charge is 1.00 e. The van der Waals surface area contributed by atoms with Crippen LogP contribution in [0, 0.1) is 11.1 Å². The molecule has 0 amide bonds. The summed E-state index contributed by atoms with van der Waals surface area (Å²) in [5.74, 6) is 0.566. The van der Waals surface area contributed by atoms with Gasteiger partial charge in [0.2, 0.25) is 0 Å². The van der Waals surface area contributed by atoms with E-state index in [1.807, 2.05) is 5.48 Å². The fourth-order valence-electron chi connectivity index (χ4n) is 1.22. The molecule has 1 aliphatic heterocycles. The van der Waals surface area contributed by atoms with Gasteiger partial charge in [-0.05, 0) is 38.4 Å². The molecule has 1 aliphatic rings. The Labute approximate surface area is 104 Å². The SMILES string of the molecule is [K+].[O-]NCC1CCCNC1. The molecule has 1 atom stereocenters. The molecule has 0 aromatic rings. The van der Waals surface area contributed by atoms with Crippen molar-refractivity contribution in [2.45, 2.75) is 12.8 Å². The first-order valence-corrected chi connectivity index (χ1v) is 3.49. The Kier molecular flexibility index (Phi) is 8.27. The van der Waals surface area contributed by atoms with Gasteiger partial charge in [0, 0.05) is 0 Å². The van der Waals surface area contributed by atoms with Crippen LogP contribution in [0.25, 0.3) is 0 Å². The van der Waals surface area contributed by atoms with E-state index in [2.05, 4.69) is 5.32 Å². The van der Waals surface area contributed by atoms with E-state index in [9.17, 15) is 5.21 Å². The molecule has 1 saturated heterocycles. The number of hydroxylamine groups is 1. The van der Waals surface area contributed by atoms with Crippen molar-refractivity contribution in [3.8, 4) is 0 Å². The number of nitrogens with one attached hydrogen (secondary N) is 2. The van der Waals surface area contributed by atoms with Crippen molar-refractivity contribution in [1.29, 1.82) is 0 Å². The van der Waals surface area contributed by atoms with E-state index < -0.39 is 0 Å². The van der Waals surface area contributed by atoms with Crippen molar-refractivity contribution in [3.05, 3.63) is 5.21 Å². The number of hydrogen-bond donors (Lipinski definition) is 2. The van der Waals surface area contributed by atoms with Crippen molar-refractivity contribution >= 4 is 0 Å². The summed E-state index contributed by atoms with van der Waals surface area (Å²) in [5.41, 5.74) is 1.95. The maximum atomic E-state index is 9.92. The van der Waals surface area contributed by atoms with Crippen molar-refractivity contribution < 1.29 is 51.4 Å². The third-order valence-electron chi connectivity index (χ3n) is 1.77. The van der Waals surface area contributed by atoms with E-state index in [-0.39, 0.29) is 51.4 Å². The average molecular weight is 168 g/mol. The van der Waals surface area contributed by atoms with Gasteiger partial charge in [-0.15, -0.1) is 0 Å². The van der Waals surface area contributed by atoms with E-state index in [4.69, 9.17) is 0 Å². The summed E-state index contributed by atoms with van der Waals surface area (Å²) in [6.07, 6.45) is 2.41. The third-order valence-corrected chi connectivity index (χ3v) is 1.77. The van der Waals surface area contributed by atoms with Crippen molar-refractivity contribution in [3.63, 3.8) is 0 Å². The van der Waals surface area contributed by atoms with E-state index in [1.165, 1.54) is 12.8 Å². The summed E-state index contributed by atoms with van der Waals surface area (Å²) >= 11 is 0. The van der Waals surface area contributed by atoms with Crippen LogP contribution >= 0.6 is 0 Å². The predicted octanol–water partition coefficient (Wildman–Crippen LogP) is -2.92. The predicted molar refractivity (Wildman–Crippen MR) is 37.0 cm³/mol. The van der Waals surface area contributed by atoms with Gasteiger partial charge in [-0.1, -0.05) is 0 Å². The Balaban J connectivity index is 0.000000810. The Hall–Kier alpha value is 1.52. The summed E-state index contributed by atoms with van der Waals surface area (Å²) in [6.45, 7) is 2.75. The summed E-state index contributed by atoms with van der Waals surface area (Å²) in [4.78, 5) is 0. The van der Waals surface area contributed by atoms with Crippen LogP contribution in [0.1, 0.15) is 12.8 Å². The van der Waals surface area contributed by atoms with Crippen LogP contribution in [0.4, 0.5) is 0 Å². The zero-order chi connectivity index (χ0) is 6.53. The molecular formula is C6H13KN2O. The molecule has 0 aromatic carbocycles. The topological polar surface area (TPSA) is 47.1 Å². The molecule has 0 saturated carbocycles. The van der Waals surface area contributed by atoms with Crippen LogP contribution in [0.2, 0.25) is 0 Å². The van der Waals surface area contributed by atoms with Crippen LogP contribution in [0.15, 0.2) is 0 Å². The fourth-order valence-corrected chi connectivity index (χ4v) is 1.22. The molecule has 4 heteroatoms. The van der Waals surface area contributed by atoms with Gasteiger partial charge in [0.1, 0.15) is 0 Å². The molecule has 0 spiro atoms. The van der Waals surface area contributed by atoms with E-state index >= 15 is 0 Å². The summed E-state index contributed by atoms with van der Waals surface area (Å²) in [6, 6.07) is 0.